The molecule has 0 aromatic rings. The average molecular weight is 1230 g/mol. The highest BCUT2D eigenvalue weighted by molar-refractivity contribution is 5.84. The van der Waals surface area contributed by atoms with Gasteiger partial charge in [0, 0.05) is 37.4 Å². The van der Waals surface area contributed by atoms with Crippen LogP contribution in [0.5, 0.6) is 0 Å². The van der Waals surface area contributed by atoms with Gasteiger partial charge in [-0.1, -0.05) is 62.3 Å². The van der Waals surface area contributed by atoms with Gasteiger partial charge in [-0.3, -0.25) is 19.2 Å². The average Bonchev–Trinajstić information content (AvgIpc) is 1.30. The summed E-state index contributed by atoms with van der Waals surface area (Å²) in [6.07, 6.45) is 18.3. The molecule has 25 fully saturated rings. The molecule has 13 saturated heterocycles. The summed E-state index contributed by atoms with van der Waals surface area (Å²) in [6.45, 7) is 20.9. The Balaban J connectivity index is 0.701. The van der Waals surface area contributed by atoms with Crippen molar-refractivity contribution in [1.82, 2.24) is 21.3 Å². The molecule has 24 bridgehead atoms. The fourth-order valence-electron chi connectivity index (χ4n) is 27.7. The Kier molecular flexibility index (Phi) is 17.2. The molecular weight excluding hydrogens is 1110 g/mol. The molecular formula is C74H120N4O10. The van der Waals surface area contributed by atoms with Gasteiger partial charge in [0.2, 0.25) is 23.6 Å². The molecule has 0 aromatic carbocycles. The van der Waals surface area contributed by atoms with E-state index in [1.807, 2.05) is 0 Å². The molecule has 25 aliphatic rings. The molecule has 10 N–H and O–H groups in total. The van der Waals surface area contributed by atoms with Gasteiger partial charge < -0.3 is 51.9 Å². The first-order valence-electron chi connectivity index (χ1n) is 36.9. The zero-order chi connectivity index (χ0) is 62.5. The van der Waals surface area contributed by atoms with E-state index in [9.17, 15) is 49.8 Å². The lowest BCUT2D eigenvalue weighted by Gasteiger charge is -2.64. The lowest BCUT2D eigenvalue weighted by atomic mass is 9.43. The van der Waals surface area contributed by atoms with Crippen molar-refractivity contribution in [3.05, 3.63) is 0 Å². The molecule has 33 atom stereocenters. The zero-order valence-corrected chi connectivity index (χ0v) is 55.7. The van der Waals surface area contributed by atoms with E-state index in [-0.39, 0.29) is 187 Å². The summed E-state index contributed by atoms with van der Waals surface area (Å²) in [5.74, 6) is 3.41. The molecule has 25 rings (SSSR count). The fraction of sp³-hybridized carbons (Fsp3) is 0.946. The van der Waals surface area contributed by atoms with Crippen LogP contribution >= 0.6 is 0 Å². The normalized spacial score (nSPS) is 56.8. The highest BCUT2D eigenvalue weighted by Crippen LogP contribution is 2.72. The molecule has 13 aliphatic heterocycles. The Labute approximate surface area is 528 Å². The van der Waals surface area contributed by atoms with Crippen LogP contribution in [0.4, 0.5) is 0 Å². The van der Waals surface area contributed by atoms with E-state index in [1.54, 1.807) is 0 Å². The second-order valence-electron chi connectivity index (χ2n) is 35.7. The van der Waals surface area contributed by atoms with Gasteiger partial charge in [0.25, 0.3) is 0 Å². The molecule has 4 amide bonds. The number of hydrogen-bond donors (Lipinski definition) is 10. The van der Waals surface area contributed by atoms with E-state index in [0.29, 0.717) is 57.8 Å². The van der Waals surface area contributed by atoms with Crippen LogP contribution in [0, 0.1) is 139 Å². The highest BCUT2D eigenvalue weighted by Gasteiger charge is 2.70. The summed E-state index contributed by atoms with van der Waals surface area (Å²) < 4.78 is 0. The molecule has 88 heavy (non-hydrogen) atoms. The van der Waals surface area contributed by atoms with Crippen molar-refractivity contribution >= 4 is 23.6 Å². The Morgan fingerprint density at radius 1 is 0.330 bits per heavy atom. The van der Waals surface area contributed by atoms with Gasteiger partial charge in [-0.2, -0.15) is 0 Å². The summed E-state index contributed by atoms with van der Waals surface area (Å²) in [5, 5.41) is 87.5. The lowest BCUT2D eigenvalue weighted by Crippen LogP contribution is -2.63. The molecule has 12 aliphatic carbocycles. The quantitative estimate of drug-likeness (QED) is 0.0814. The van der Waals surface area contributed by atoms with Crippen LogP contribution in [-0.4, -0.2) is 116 Å². The number of aliphatic hydroxyl groups excluding tert-OH is 6. The standard InChI is InChI=1S/C74H120N4O10/c1-38-10-19-62(85)75-37-65(88)78-46-24-27-71(6)43(30-46)33-58(81)68-52-18-15-49(74(52,9)61(84)36-55(68)71)40(3)12-21-64(87)77-45-23-26-70(5)42(29-45)32-57(80)67-51-17-14-48(73(51,8)60(83)35-54(67)70)39(2)11-20-63(86)76-44-22-25-69(4)41(28-44)31-56(79)66-50-16-13-47(38)72(50,7)59(82)34-53(66)69/h38-61,66-68,79-84H,10-37H2,1-9H3,(H,75,85)(H,76,86)(H,77,87)(H,78,88)/t38-,39-,40-,41+,42+,43+,44?,45?,46?,47-,48-,49-,50+,51+,52+,53+,54+,55+,56-,57-,58-,59+,60+,61+,66+,67+,68+,69+,70+,71+,72-,73-,74-/m1/s1/i37+1,75+1. The molecule has 0 radical (unpaired) electrons. The first kappa shape index (κ1) is 64.4. The minimum atomic E-state index is -0.514. The molecule has 13 heterocycles. The van der Waals surface area contributed by atoms with Gasteiger partial charge in [0.1, 0.15) is 0 Å². The van der Waals surface area contributed by atoms with Crippen molar-refractivity contribution in [3.63, 3.8) is 0 Å². The smallest absolute Gasteiger partial charge is 0.239 e. The Morgan fingerprint density at radius 2 is 0.614 bits per heavy atom. The van der Waals surface area contributed by atoms with Gasteiger partial charge in [0.15, 0.2) is 0 Å². The van der Waals surface area contributed by atoms with E-state index in [0.717, 1.165) is 116 Å². The van der Waals surface area contributed by atoms with Crippen molar-refractivity contribution in [2.75, 3.05) is 6.54 Å². The van der Waals surface area contributed by atoms with E-state index in [1.165, 1.54) is 0 Å². The summed E-state index contributed by atoms with van der Waals surface area (Å²) in [6, 6.07) is 0.0541. The van der Waals surface area contributed by atoms with E-state index in [2.05, 4.69) is 83.6 Å². The number of nitrogens with one attached hydrogen (secondary N) is 4. The van der Waals surface area contributed by atoms with Crippen LogP contribution in [0.25, 0.3) is 0 Å². The van der Waals surface area contributed by atoms with Gasteiger partial charge in [-0.05, 0) is 293 Å². The van der Waals surface area contributed by atoms with Gasteiger partial charge in [0.05, 0.1) is 43.2 Å². The number of amides is 4. The summed E-state index contributed by atoms with van der Waals surface area (Å²) in [4.78, 5) is 55.2. The minimum Gasteiger partial charge on any atom is -0.393 e. The van der Waals surface area contributed by atoms with Crippen LogP contribution in [0.2, 0.25) is 0 Å². The largest absolute Gasteiger partial charge is 0.393 e. The number of aliphatic hydroxyl groups is 6. The van der Waals surface area contributed by atoms with Crippen LogP contribution in [0.15, 0.2) is 0 Å². The topological polar surface area (TPSA) is 238 Å². The lowest BCUT2D eigenvalue weighted by molar-refractivity contribution is -0.202. The minimum absolute atomic E-state index is 0.0310. The first-order chi connectivity index (χ1) is 41.6. The van der Waals surface area contributed by atoms with Crippen molar-refractivity contribution in [2.45, 2.75) is 290 Å². The van der Waals surface area contributed by atoms with Crippen LogP contribution in [0.3, 0.4) is 0 Å². The third-order valence-corrected chi connectivity index (χ3v) is 32.7. The van der Waals surface area contributed by atoms with Crippen molar-refractivity contribution < 1.29 is 49.8 Å². The molecule has 14 nitrogen and oxygen atoms in total. The maximum Gasteiger partial charge on any atom is 0.239 e. The predicted octanol–water partition coefficient (Wildman–Crippen LogP) is 9.62. The van der Waals surface area contributed by atoms with Gasteiger partial charge in [-0.25, -0.2) is 0 Å². The molecule has 0 aromatic heterocycles. The fourth-order valence-corrected chi connectivity index (χ4v) is 27.7. The monoisotopic (exact) mass is 1230 g/mol. The second-order valence-corrected chi connectivity index (χ2v) is 35.7. The molecule has 496 valence electrons. The molecule has 0 spiro atoms. The zero-order valence-electron chi connectivity index (χ0n) is 55.7. The predicted molar refractivity (Wildman–Crippen MR) is 338 cm³/mol. The second kappa shape index (κ2) is 23.5. The third-order valence-electron chi connectivity index (χ3n) is 32.7. The number of fused-ring (bicyclic) bond motifs is 1. The van der Waals surface area contributed by atoms with Crippen LogP contribution < -0.4 is 21.3 Å². The molecule has 14 heteroatoms. The van der Waals surface area contributed by atoms with Crippen LogP contribution in [-0.2, 0) is 19.2 Å². The maximum absolute atomic E-state index is 14.0. The first-order valence-corrected chi connectivity index (χ1v) is 36.9. The Morgan fingerprint density at radius 3 is 0.932 bits per heavy atom. The van der Waals surface area contributed by atoms with E-state index < -0.39 is 36.6 Å². The summed E-state index contributed by atoms with van der Waals surface area (Å²) in [7, 11) is 0. The molecule has 12 saturated carbocycles. The van der Waals surface area contributed by atoms with E-state index in [4.69, 9.17) is 0 Å². The number of carbonyl (C=O) groups is 4. The van der Waals surface area contributed by atoms with Crippen molar-refractivity contribution in [1.29, 1.82) is 0 Å². The number of rotatable bonds is 0. The summed E-state index contributed by atoms with van der Waals surface area (Å²) in [5.41, 5.74) is -1.21. The Bertz CT molecular complexity index is 2620. The number of hydrogen-bond acceptors (Lipinski definition) is 10. The number of carbonyl (C=O) groups excluding carboxylic acids is 4. The third kappa shape index (κ3) is 10.2. The summed E-state index contributed by atoms with van der Waals surface area (Å²) >= 11 is 0. The molecule has 3 unspecified atom stereocenters. The van der Waals surface area contributed by atoms with Gasteiger partial charge in [-0.15, -0.1) is 0 Å². The maximum atomic E-state index is 14.0. The SMILES string of the molecule is C[C@@H]1CCC(=O)NC2CC[C@@]3(C)[C@@H](C2)C[C@@H](O)[C@@H]2[C@@H]3C[C@H](O)[C@]3(C)[C@H](CC[C@@H]23)[C@H](C)CCC(=O)[15NH][13CH2]C(=O)NC2CC[C@@]3(C)[C@@H](C2)C[C@@H](O)[C@@H]2[C@@H]3C[C@H](O)[C@]3(C)[C@H](CC[C@@H]23)[C@H](C)CCC(=O)NC2CC[C@@]3(C)[C@@H](C2)C[C@@H](O)[C@@H]2[C@@H]3C[C@H](O)[C@]3(C)[C@@H]1CC[C@@H]23. The van der Waals surface area contributed by atoms with Crippen molar-refractivity contribution in [3.8, 4) is 0 Å². The highest BCUT2D eigenvalue weighted by atomic mass is 16.3. The Hall–Kier alpha value is -2.36. The van der Waals surface area contributed by atoms with Gasteiger partial charge >= 0.3 is 0 Å². The van der Waals surface area contributed by atoms with Crippen molar-refractivity contribution in [2.24, 2.45) is 139 Å². The van der Waals surface area contributed by atoms with E-state index >= 15 is 0 Å². The van der Waals surface area contributed by atoms with Crippen LogP contribution in [0.1, 0.15) is 236 Å².